The normalized spacial score (nSPS) is 17.5. The number of likely N-dealkylation sites (tertiary alicyclic amines) is 1. The van der Waals surface area contributed by atoms with Gasteiger partial charge in [-0.2, -0.15) is 0 Å². The maximum atomic E-state index is 11.1. The minimum Gasteiger partial charge on any atom is -0.469 e. The van der Waals surface area contributed by atoms with Crippen LogP contribution in [0.5, 0.6) is 0 Å². The molecule has 0 spiro atoms. The van der Waals surface area contributed by atoms with E-state index in [1.165, 1.54) is 16.8 Å². The van der Waals surface area contributed by atoms with Crippen LogP contribution in [0, 0.1) is 0 Å². The second-order valence-electron chi connectivity index (χ2n) is 6.22. The zero-order valence-electron chi connectivity index (χ0n) is 14.4. The Hall–Kier alpha value is -1.73. The first kappa shape index (κ1) is 18.1. The van der Waals surface area contributed by atoms with Gasteiger partial charge in [0.05, 0.1) is 22.3 Å². The zero-order valence-corrected chi connectivity index (χ0v) is 16.0. The predicted octanol–water partition coefficient (Wildman–Crippen LogP) is 3.30. The van der Waals surface area contributed by atoms with Gasteiger partial charge in [0.25, 0.3) is 0 Å². The molecule has 1 aromatic carbocycles. The van der Waals surface area contributed by atoms with Crippen molar-refractivity contribution in [3.8, 4) is 0 Å². The number of hydrogen-bond donors (Lipinski definition) is 1. The number of thiazole rings is 1. The van der Waals surface area contributed by atoms with Gasteiger partial charge in [-0.3, -0.25) is 4.79 Å². The van der Waals surface area contributed by atoms with Crippen molar-refractivity contribution in [1.82, 2.24) is 15.2 Å². The van der Waals surface area contributed by atoms with Gasteiger partial charge in [0.1, 0.15) is 0 Å². The largest absolute Gasteiger partial charge is 0.469 e. The molecule has 7 heteroatoms. The Labute approximate surface area is 157 Å². The van der Waals surface area contributed by atoms with Gasteiger partial charge >= 0.3 is 5.97 Å². The fourth-order valence-corrected chi connectivity index (χ4v) is 4.43. The molecule has 2 heterocycles. The molecule has 2 aromatic rings. The Morgan fingerprint density at radius 2 is 2.32 bits per heavy atom. The average Bonchev–Trinajstić information content (AvgIpc) is 3.09. The van der Waals surface area contributed by atoms with Crippen molar-refractivity contribution in [2.75, 3.05) is 26.7 Å². The highest BCUT2D eigenvalue weighted by Crippen LogP contribution is 2.32. The van der Waals surface area contributed by atoms with E-state index in [1.54, 1.807) is 11.3 Å². The summed E-state index contributed by atoms with van der Waals surface area (Å²) in [5.41, 5.74) is 1.09. The molecule has 0 amide bonds. The van der Waals surface area contributed by atoms with Crippen molar-refractivity contribution < 1.29 is 9.53 Å². The Morgan fingerprint density at radius 3 is 3.12 bits per heavy atom. The van der Waals surface area contributed by atoms with Gasteiger partial charge in [-0.25, -0.2) is 4.98 Å². The summed E-state index contributed by atoms with van der Waals surface area (Å²) in [6.07, 6.45) is 3.41. The molecule has 0 radical (unpaired) electrons. The molecule has 1 aliphatic rings. The van der Waals surface area contributed by atoms with Crippen molar-refractivity contribution in [2.45, 2.75) is 31.6 Å². The topological polar surface area (TPSA) is 54.5 Å². The molecule has 1 aliphatic heterocycles. The summed E-state index contributed by atoms with van der Waals surface area (Å²) in [5, 5.41) is 5.24. The lowest BCUT2D eigenvalue weighted by Gasteiger charge is -2.33. The number of rotatable bonds is 5. The Morgan fingerprint density at radius 1 is 1.48 bits per heavy atom. The minimum absolute atomic E-state index is 0.179. The van der Waals surface area contributed by atoms with Gasteiger partial charge in [0.15, 0.2) is 5.11 Å². The Bertz CT molecular complexity index is 714. The number of esters is 1. The lowest BCUT2D eigenvalue weighted by atomic mass is 9.99. The van der Waals surface area contributed by atoms with Crippen molar-refractivity contribution in [1.29, 1.82) is 0 Å². The van der Waals surface area contributed by atoms with Crippen LogP contribution >= 0.6 is 23.6 Å². The Balaban J connectivity index is 1.53. The summed E-state index contributed by atoms with van der Waals surface area (Å²) in [7, 11) is 1.41. The van der Waals surface area contributed by atoms with E-state index in [1.807, 2.05) is 6.07 Å². The Kier molecular flexibility index (Phi) is 6.20. The molecule has 1 saturated heterocycles. The molecule has 5 nitrogen and oxygen atoms in total. The number of nitrogens with one attached hydrogen (secondary N) is 1. The van der Waals surface area contributed by atoms with Gasteiger partial charge in [0, 0.05) is 32.0 Å². The van der Waals surface area contributed by atoms with Crippen LogP contribution in [0.25, 0.3) is 10.2 Å². The van der Waals surface area contributed by atoms with Crippen LogP contribution < -0.4 is 5.32 Å². The standard InChI is InChI=1S/C18H23N3O2S2/c1-23-16(22)9-4-10-19-18(24)21-11-5-6-13(12-21)17-20-14-7-2-3-8-15(14)25-17/h2-3,7-8,13H,4-6,9-12H2,1H3,(H,19,24)/t13-/m0/s1. The van der Waals surface area contributed by atoms with E-state index >= 15 is 0 Å². The molecule has 1 fully saturated rings. The van der Waals surface area contributed by atoms with Crippen molar-refractivity contribution in [2.24, 2.45) is 0 Å². The fraction of sp³-hybridized carbons (Fsp3) is 0.500. The highest BCUT2D eigenvalue weighted by molar-refractivity contribution is 7.80. The minimum atomic E-state index is -0.179. The number of hydrogen-bond acceptors (Lipinski definition) is 5. The van der Waals surface area contributed by atoms with Crippen LogP contribution in [-0.2, 0) is 9.53 Å². The number of carbonyl (C=O) groups is 1. The number of nitrogens with zero attached hydrogens (tertiary/aromatic N) is 2. The third-order valence-electron chi connectivity index (χ3n) is 4.43. The van der Waals surface area contributed by atoms with E-state index in [4.69, 9.17) is 17.2 Å². The molecular weight excluding hydrogens is 354 g/mol. The molecule has 0 bridgehead atoms. The summed E-state index contributed by atoms with van der Waals surface area (Å²) in [6, 6.07) is 8.30. The highest BCUT2D eigenvalue weighted by atomic mass is 32.1. The summed E-state index contributed by atoms with van der Waals surface area (Å²) >= 11 is 7.32. The second-order valence-corrected chi connectivity index (χ2v) is 7.67. The van der Waals surface area contributed by atoms with Gasteiger partial charge < -0.3 is 15.0 Å². The summed E-state index contributed by atoms with van der Waals surface area (Å²) in [5.74, 6) is 0.252. The van der Waals surface area contributed by atoms with Crippen molar-refractivity contribution in [3.63, 3.8) is 0 Å². The maximum Gasteiger partial charge on any atom is 0.305 e. The molecule has 3 rings (SSSR count). The molecule has 1 aromatic heterocycles. The number of methoxy groups -OCH3 is 1. The van der Waals surface area contributed by atoms with Crippen LogP contribution in [0.1, 0.15) is 36.6 Å². The van der Waals surface area contributed by atoms with Gasteiger partial charge in [-0.15, -0.1) is 11.3 Å². The first-order valence-corrected chi connectivity index (χ1v) is 9.85. The van der Waals surface area contributed by atoms with Crippen molar-refractivity contribution >= 4 is 44.9 Å². The molecule has 1 N–H and O–H groups in total. The van der Waals surface area contributed by atoms with E-state index in [0.717, 1.165) is 43.0 Å². The first-order valence-electron chi connectivity index (χ1n) is 8.62. The molecule has 0 aliphatic carbocycles. The molecule has 25 heavy (non-hydrogen) atoms. The van der Waals surface area contributed by atoms with Gasteiger partial charge in [-0.1, -0.05) is 12.1 Å². The predicted molar refractivity (Wildman–Crippen MR) is 105 cm³/mol. The average molecular weight is 378 g/mol. The number of ether oxygens (including phenoxy) is 1. The van der Waals surface area contributed by atoms with E-state index in [-0.39, 0.29) is 5.97 Å². The van der Waals surface area contributed by atoms with E-state index in [2.05, 4.69) is 33.2 Å². The number of fused-ring (bicyclic) bond motifs is 1. The van der Waals surface area contributed by atoms with Crippen LogP contribution in [0.3, 0.4) is 0 Å². The monoisotopic (exact) mass is 377 g/mol. The van der Waals surface area contributed by atoms with Crippen LogP contribution in [0.15, 0.2) is 24.3 Å². The highest BCUT2D eigenvalue weighted by Gasteiger charge is 2.25. The molecule has 134 valence electrons. The molecular formula is C18H23N3O2S2. The SMILES string of the molecule is COC(=O)CCCNC(=S)N1CCC[C@H](c2nc3ccccc3s2)C1. The quantitative estimate of drug-likeness (QED) is 0.490. The summed E-state index contributed by atoms with van der Waals surface area (Å²) < 4.78 is 5.89. The molecule has 1 atom stereocenters. The van der Waals surface area contributed by atoms with Crippen LogP contribution in [0.4, 0.5) is 0 Å². The van der Waals surface area contributed by atoms with Crippen molar-refractivity contribution in [3.05, 3.63) is 29.3 Å². The number of piperidine rings is 1. The van der Waals surface area contributed by atoms with Gasteiger partial charge in [-0.05, 0) is 43.6 Å². The number of carbonyl (C=O) groups excluding carboxylic acids is 1. The molecule has 0 unspecified atom stereocenters. The summed E-state index contributed by atoms with van der Waals surface area (Å²) in [4.78, 5) is 18.2. The number of aromatic nitrogens is 1. The molecule has 0 saturated carbocycles. The maximum absolute atomic E-state index is 11.1. The van der Waals surface area contributed by atoms with E-state index in [9.17, 15) is 4.79 Å². The van der Waals surface area contributed by atoms with Gasteiger partial charge in [0.2, 0.25) is 0 Å². The van der Waals surface area contributed by atoms with E-state index < -0.39 is 0 Å². The summed E-state index contributed by atoms with van der Waals surface area (Å²) in [6.45, 7) is 2.57. The third kappa shape index (κ3) is 4.67. The number of para-hydroxylation sites is 1. The van der Waals surface area contributed by atoms with E-state index in [0.29, 0.717) is 18.9 Å². The van der Waals surface area contributed by atoms with Crippen LogP contribution in [-0.4, -0.2) is 47.7 Å². The third-order valence-corrected chi connectivity index (χ3v) is 6.03. The number of benzene rings is 1. The lowest BCUT2D eigenvalue weighted by Crippen LogP contribution is -2.45. The fourth-order valence-electron chi connectivity index (χ4n) is 3.07. The lowest BCUT2D eigenvalue weighted by molar-refractivity contribution is -0.140. The first-order chi connectivity index (χ1) is 12.2. The second kappa shape index (κ2) is 8.58. The van der Waals surface area contributed by atoms with Crippen LogP contribution in [0.2, 0.25) is 0 Å². The zero-order chi connectivity index (χ0) is 17.6. The smallest absolute Gasteiger partial charge is 0.305 e. The number of thiocarbonyl (C=S) groups is 1.